The first kappa shape index (κ1) is 19.8. The predicted octanol–water partition coefficient (Wildman–Crippen LogP) is 4.35. The van der Waals surface area contributed by atoms with Crippen LogP contribution in [0.25, 0.3) is 0 Å². The summed E-state index contributed by atoms with van der Waals surface area (Å²) in [4.78, 5) is 25.2. The number of nitrogens with zero attached hydrogens (tertiary/aromatic N) is 1. The number of para-hydroxylation sites is 1. The Morgan fingerprint density at radius 1 is 1.08 bits per heavy atom. The lowest BCUT2D eigenvalue weighted by Gasteiger charge is -2.22. The molecule has 0 heterocycles. The van der Waals surface area contributed by atoms with E-state index >= 15 is 0 Å². The summed E-state index contributed by atoms with van der Waals surface area (Å²) in [7, 11) is 0. The van der Waals surface area contributed by atoms with Crippen molar-refractivity contribution in [3.8, 4) is 0 Å². The Balaban J connectivity index is 2.12. The normalized spacial score (nSPS) is 11.1. The molecule has 0 fully saturated rings. The van der Waals surface area contributed by atoms with E-state index in [2.05, 4.69) is 5.32 Å². The zero-order valence-electron chi connectivity index (χ0n) is 13.8. The van der Waals surface area contributed by atoms with E-state index in [9.17, 15) is 22.8 Å². The van der Waals surface area contributed by atoms with E-state index in [4.69, 9.17) is 11.6 Å². The van der Waals surface area contributed by atoms with Crippen molar-refractivity contribution < 1.29 is 22.8 Å². The van der Waals surface area contributed by atoms with Crippen LogP contribution in [0.3, 0.4) is 0 Å². The van der Waals surface area contributed by atoms with Crippen LogP contribution in [0.5, 0.6) is 0 Å². The van der Waals surface area contributed by atoms with Crippen LogP contribution in [0, 0.1) is 0 Å². The van der Waals surface area contributed by atoms with Gasteiger partial charge in [0.1, 0.15) is 6.54 Å². The maximum Gasteiger partial charge on any atom is 0.418 e. The summed E-state index contributed by atoms with van der Waals surface area (Å²) < 4.78 is 39.0. The van der Waals surface area contributed by atoms with Gasteiger partial charge in [-0.3, -0.25) is 9.59 Å². The number of amides is 2. The molecule has 0 bridgehead atoms. The molecule has 26 heavy (non-hydrogen) atoms. The van der Waals surface area contributed by atoms with Crippen LogP contribution in [0.1, 0.15) is 18.1 Å². The highest BCUT2D eigenvalue weighted by Gasteiger charge is 2.33. The third-order valence-electron chi connectivity index (χ3n) is 3.61. The van der Waals surface area contributed by atoms with Gasteiger partial charge in [0.2, 0.25) is 11.8 Å². The van der Waals surface area contributed by atoms with Gasteiger partial charge in [0, 0.05) is 18.5 Å². The highest BCUT2D eigenvalue weighted by Crippen LogP contribution is 2.34. The van der Waals surface area contributed by atoms with Crippen LogP contribution in [0.4, 0.5) is 18.9 Å². The number of benzene rings is 2. The van der Waals surface area contributed by atoms with Crippen LogP contribution in [0.2, 0.25) is 5.02 Å². The fraction of sp³-hybridized carbons (Fsp3) is 0.222. The Morgan fingerprint density at radius 3 is 2.31 bits per heavy atom. The van der Waals surface area contributed by atoms with Crippen molar-refractivity contribution in [3.63, 3.8) is 0 Å². The summed E-state index contributed by atoms with van der Waals surface area (Å²) in [5, 5.41) is 2.65. The molecule has 4 nitrogen and oxygen atoms in total. The SMILES string of the molecule is CC(=O)N(CC(=O)Nc1ccccc1C(F)(F)F)Cc1ccccc1Cl. The van der Waals surface area contributed by atoms with Gasteiger partial charge < -0.3 is 10.2 Å². The van der Waals surface area contributed by atoms with Crippen molar-refractivity contribution >= 4 is 29.1 Å². The Hall–Kier alpha value is -2.54. The molecule has 8 heteroatoms. The van der Waals surface area contributed by atoms with Gasteiger partial charge in [-0.2, -0.15) is 13.2 Å². The molecule has 0 saturated heterocycles. The topological polar surface area (TPSA) is 49.4 Å². The summed E-state index contributed by atoms with van der Waals surface area (Å²) >= 11 is 6.05. The Kier molecular flexibility index (Phi) is 6.26. The van der Waals surface area contributed by atoms with E-state index in [0.29, 0.717) is 10.6 Å². The molecule has 0 spiro atoms. The van der Waals surface area contributed by atoms with Gasteiger partial charge in [-0.05, 0) is 23.8 Å². The van der Waals surface area contributed by atoms with Gasteiger partial charge in [-0.15, -0.1) is 0 Å². The molecule has 0 aliphatic rings. The zero-order chi connectivity index (χ0) is 19.3. The second-order valence-electron chi connectivity index (χ2n) is 5.56. The summed E-state index contributed by atoms with van der Waals surface area (Å²) in [6.45, 7) is 0.948. The van der Waals surface area contributed by atoms with Gasteiger partial charge in [0.15, 0.2) is 0 Å². The molecule has 0 aromatic heterocycles. The third-order valence-corrected chi connectivity index (χ3v) is 3.97. The standard InChI is InChI=1S/C18H16ClF3N2O2/c1-12(25)24(10-13-6-2-4-8-15(13)19)11-17(26)23-16-9-5-3-7-14(16)18(20,21)22/h2-9H,10-11H2,1H3,(H,23,26). The molecule has 0 atom stereocenters. The number of alkyl halides is 3. The average Bonchev–Trinajstić information content (AvgIpc) is 2.55. The molecule has 0 saturated carbocycles. The van der Waals surface area contributed by atoms with E-state index < -0.39 is 30.1 Å². The van der Waals surface area contributed by atoms with E-state index in [0.717, 1.165) is 12.1 Å². The summed E-state index contributed by atoms with van der Waals surface area (Å²) in [5.74, 6) is -1.13. The first-order chi connectivity index (χ1) is 12.2. The predicted molar refractivity (Wildman–Crippen MR) is 92.6 cm³/mol. The minimum absolute atomic E-state index is 0.0728. The van der Waals surface area contributed by atoms with Crippen LogP contribution < -0.4 is 5.32 Å². The van der Waals surface area contributed by atoms with Crippen molar-refractivity contribution in [3.05, 3.63) is 64.7 Å². The maximum atomic E-state index is 13.0. The van der Waals surface area contributed by atoms with E-state index in [1.165, 1.54) is 24.0 Å². The van der Waals surface area contributed by atoms with Gasteiger partial charge in [-0.25, -0.2) is 0 Å². The number of hydrogen-bond acceptors (Lipinski definition) is 2. The number of halogens is 4. The van der Waals surface area contributed by atoms with Crippen LogP contribution >= 0.6 is 11.6 Å². The second kappa shape index (κ2) is 8.23. The molecule has 2 aromatic rings. The average molecular weight is 385 g/mol. The van der Waals surface area contributed by atoms with Gasteiger partial charge in [0.25, 0.3) is 0 Å². The molecule has 0 radical (unpaired) electrons. The molecule has 2 aromatic carbocycles. The molecule has 0 aliphatic carbocycles. The Bertz CT molecular complexity index is 809. The first-order valence-electron chi connectivity index (χ1n) is 7.63. The van der Waals surface area contributed by atoms with Gasteiger partial charge in [-0.1, -0.05) is 41.9 Å². The summed E-state index contributed by atoms with van der Waals surface area (Å²) in [6.07, 6.45) is -4.60. The van der Waals surface area contributed by atoms with Gasteiger partial charge >= 0.3 is 6.18 Å². The number of anilines is 1. The van der Waals surface area contributed by atoms with Crippen molar-refractivity contribution in [2.24, 2.45) is 0 Å². The fourth-order valence-corrected chi connectivity index (χ4v) is 2.51. The maximum absolute atomic E-state index is 13.0. The molecule has 0 aliphatic heterocycles. The Morgan fingerprint density at radius 2 is 1.69 bits per heavy atom. The second-order valence-corrected chi connectivity index (χ2v) is 5.97. The number of carbonyl (C=O) groups is 2. The molecule has 138 valence electrons. The highest BCUT2D eigenvalue weighted by molar-refractivity contribution is 6.31. The largest absolute Gasteiger partial charge is 0.418 e. The zero-order valence-corrected chi connectivity index (χ0v) is 14.6. The molecular formula is C18H16ClF3N2O2. The van der Waals surface area contributed by atoms with Crippen LogP contribution in [-0.4, -0.2) is 23.3 Å². The van der Waals surface area contributed by atoms with Crippen molar-refractivity contribution in [2.45, 2.75) is 19.6 Å². The minimum atomic E-state index is -4.60. The number of carbonyl (C=O) groups excluding carboxylic acids is 2. The summed E-state index contributed by atoms with van der Waals surface area (Å²) in [5.41, 5.74) is -0.673. The van der Waals surface area contributed by atoms with Crippen LogP contribution in [0.15, 0.2) is 48.5 Å². The molecule has 2 amide bonds. The third kappa shape index (κ3) is 5.23. The minimum Gasteiger partial charge on any atom is -0.329 e. The molecule has 1 N–H and O–H groups in total. The molecule has 2 rings (SSSR count). The molecular weight excluding hydrogens is 369 g/mol. The quantitative estimate of drug-likeness (QED) is 0.833. The number of hydrogen-bond donors (Lipinski definition) is 1. The van der Waals surface area contributed by atoms with Crippen molar-refractivity contribution in [1.82, 2.24) is 4.90 Å². The van der Waals surface area contributed by atoms with Crippen molar-refractivity contribution in [1.29, 1.82) is 0 Å². The van der Waals surface area contributed by atoms with Crippen LogP contribution in [-0.2, 0) is 22.3 Å². The van der Waals surface area contributed by atoms with E-state index in [-0.39, 0.29) is 12.2 Å². The first-order valence-corrected chi connectivity index (χ1v) is 8.01. The number of rotatable bonds is 5. The fourth-order valence-electron chi connectivity index (χ4n) is 2.31. The van der Waals surface area contributed by atoms with E-state index in [1.807, 2.05) is 0 Å². The summed E-state index contributed by atoms with van der Waals surface area (Å²) in [6, 6.07) is 11.5. The highest BCUT2D eigenvalue weighted by atomic mass is 35.5. The van der Waals surface area contributed by atoms with Gasteiger partial charge in [0.05, 0.1) is 11.3 Å². The van der Waals surface area contributed by atoms with Crippen molar-refractivity contribution in [2.75, 3.05) is 11.9 Å². The van der Waals surface area contributed by atoms with E-state index in [1.54, 1.807) is 24.3 Å². The lowest BCUT2D eigenvalue weighted by molar-refractivity contribution is -0.137. The molecule has 0 unspecified atom stereocenters. The number of nitrogens with one attached hydrogen (secondary N) is 1. The lowest BCUT2D eigenvalue weighted by atomic mass is 10.1. The Labute approximate surface area is 153 Å². The lowest BCUT2D eigenvalue weighted by Crippen LogP contribution is -2.36. The monoisotopic (exact) mass is 384 g/mol. The smallest absolute Gasteiger partial charge is 0.329 e.